The van der Waals surface area contributed by atoms with Crippen LogP contribution in [0, 0.1) is 0 Å². The van der Waals surface area contributed by atoms with Crippen molar-refractivity contribution in [3.8, 4) is 17.1 Å². The number of nitrogens with zero attached hydrogens (tertiary/aromatic N) is 18. The molecule has 121 heavy (non-hydrogen) atoms. The molecule has 11 aliphatic rings. The number of ether oxygens (including phenoxy) is 8. The summed E-state index contributed by atoms with van der Waals surface area (Å²) in [5, 5.41) is 19.2. The maximum atomic E-state index is 13.1. The van der Waals surface area contributed by atoms with Gasteiger partial charge >= 0.3 is 17.9 Å². The third-order valence-electron chi connectivity index (χ3n) is 26.8. The van der Waals surface area contributed by atoms with Gasteiger partial charge in [-0.1, -0.05) is 36.9 Å². The molecule has 3 saturated carbocycles. The van der Waals surface area contributed by atoms with Gasteiger partial charge in [0.1, 0.15) is 5.15 Å². The first kappa shape index (κ1) is 82.8. The zero-order valence-electron chi connectivity index (χ0n) is 70.4. The minimum atomic E-state index is -0.417. The smallest absolute Gasteiger partial charge is 0.357 e. The normalized spacial score (nSPS) is 20.8. The van der Waals surface area contributed by atoms with Gasteiger partial charge in [0.15, 0.2) is 34.0 Å². The van der Waals surface area contributed by atoms with Crippen molar-refractivity contribution in [3.05, 3.63) is 130 Å². The Balaban J connectivity index is 0.000000125. The standard InChI is InChI=1S/C32H42N6O4.C32H40N6O4.C27H33ClN6O3/c2*1-2-42-32(39)27-21-28(37-12-7-24(8-13-37)36-14-18-41-19-15-36)29-30(23-4-3-5-23)35-38(31(29)34-27)25-6-11-33-26(20-25)22-9-16-40-17-10-22;1-2-37-27(35)21-17-22(33-10-7-19(8-11-33)32-12-14-36-15-13-32)24-25(18-4-3-5-18)31-34(26(24)30-21)20-6-9-29-23(28)16-20/h6,11,20-24H,2-5,7-10,12-19H2,1H3;6,9,11,20-21,23-24H,2-5,7-8,10,12-19H2,1H3;6,9,16-19H,2-5,7-8,10-15H2,1H3. The van der Waals surface area contributed by atoms with E-state index in [0.29, 0.717) is 108 Å². The highest BCUT2D eigenvalue weighted by Crippen LogP contribution is 2.48. The number of aromatic nitrogens is 12. The first-order valence-electron chi connectivity index (χ1n) is 44.9. The van der Waals surface area contributed by atoms with Crippen LogP contribution in [0.25, 0.3) is 55.7 Å². The van der Waals surface area contributed by atoms with Crippen molar-refractivity contribution in [2.24, 2.45) is 0 Å². The number of halogens is 1. The molecule has 3 aliphatic carbocycles. The Morgan fingerprint density at radius 2 is 0.760 bits per heavy atom. The second kappa shape index (κ2) is 38.3. The van der Waals surface area contributed by atoms with E-state index in [9.17, 15) is 14.4 Å². The van der Waals surface area contributed by atoms with Gasteiger partial charge in [-0.15, -0.1) is 0 Å². The number of morpholine rings is 3. The van der Waals surface area contributed by atoms with E-state index < -0.39 is 11.9 Å². The lowest BCUT2D eigenvalue weighted by Gasteiger charge is -2.41. The lowest BCUT2D eigenvalue weighted by atomic mass is 9.82. The van der Waals surface area contributed by atoms with Crippen LogP contribution in [-0.4, -0.2) is 274 Å². The molecule has 0 spiro atoms. The summed E-state index contributed by atoms with van der Waals surface area (Å²) in [6, 6.07) is 19.4. The van der Waals surface area contributed by atoms with Crippen molar-refractivity contribution in [2.75, 3.05) is 179 Å². The topological polar surface area (TPSA) is 275 Å². The average Bonchev–Trinajstić information content (AvgIpc) is 1.60. The molecule has 9 aromatic rings. The number of carbonyl (C=O) groups excluding carboxylic acids is 3. The molecular formula is C91H115ClN18O11. The molecule has 0 amide bonds. The third kappa shape index (κ3) is 18.0. The Kier molecular flexibility index (Phi) is 26.2. The number of pyridine rings is 6. The summed E-state index contributed by atoms with van der Waals surface area (Å²) in [5.41, 5.74) is 15.3. The molecule has 0 unspecified atom stereocenters. The summed E-state index contributed by atoms with van der Waals surface area (Å²) in [6.45, 7) is 25.7. The molecule has 642 valence electrons. The summed E-state index contributed by atoms with van der Waals surface area (Å²) in [4.78, 5) is 82.5. The molecule has 20 rings (SSSR count). The fourth-order valence-electron chi connectivity index (χ4n) is 19.5. The summed E-state index contributed by atoms with van der Waals surface area (Å²) in [7, 11) is 0. The lowest BCUT2D eigenvalue weighted by Crippen LogP contribution is -2.49. The van der Waals surface area contributed by atoms with Crippen molar-refractivity contribution in [1.29, 1.82) is 0 Å². The van der Waals surface area contributed by atoms with E-state index in [2.05, 4.69) is 57.6 Å². The Hall–Kier alpha value is -9.17. The fraction of sp³-hybridized carbons (Fsp3) is 0.582. The lowest BCUT2D eigenvalue weighted by molar-refractivity contribution is 0.0115. The van der Waals surface area contributed by atoms with E-state index in [1.807, 2.05) is 83.6 Å². The van der Waals surface area contributed by atoms with E-state index >= 15 is 0 Å². The highest BCUT2D eigenvalue weighted by Gasteiger charge is 2.39. The predicted octanol–water partition coefficient (Wildman–Crippen LogP) is 13.0. The van der Waals surface area contributed by atoms with Gasteiger partial charge in [0.2, 0.25) is 0 Å². The SMILES string of the molecule is CCOC(=O)c1cc(N2CCC(N3CCOCC3)CC2)c2c(C3CCC3)nn(-c3ccnc(C4=CCOCC4)c3)c2n1.CCOC(=O)c1cc(N2CCC(N3CCOCC3)CC2)c2c(C3CCC3)nn(-c3ccnc(C4CCOCC4)c3)c2n1.CCOC(=O)c1cc(N2CCC(N3CCOCC3)CC2)c2c(C3CCC3)nn(-c3ccnc(Cl)c3)c2n1. The first-order chi connectivity index (χ1) is 59.5. The predicted molar refractivity (Wildman–Crippen MR) is 462 cm³/mol. The Labute approximate surface area is 712 Å². The van der Waals surface area contributed by atoms with Crippen molar-refractivity contribution in [2.45, 2.75) is 178 Å². The van der Waals surface area contributed by atoms with Crippen LogP contribution in [0.5, 0.6) is 0 Å². The number of piperidine rings is 3. The van der Waals surface area contributed by atoms with Crippen molar-refractivity contribution in [1.82, 2.24) is 73.9 Å². The van der Waals surface area contributed by atoms with Crippen LogP contribution in [0.3, 0.4) is 0 Å². The maximum absolute atomic E-state index is 13.1. The summed E-state index contributed by atoms with van der Waals surface area (Å²) in [5.74, 6) is 0.362. The number of fused-ring (bicyclic) bond motifs is 3. The van der Waals surface area contributed by atoms with E-state index in [1.54, 1.807) is 12.3 Å². The van der Waals surface area contributed by atoms with Crippen molar-refractivity contribution < 1.29 is 52.3 Å². The van der Waals surface area contributed by atoms with Gasteiger partial charge < -0.3 is 52.6 Å². The van der Waals surface area contributed by atoms with E-state index in [0.717, 1.165) is 312 Å². The second-order valence-corrected chi connectivity index (χ2v) is 34.2. The zero-order valence-corrected chi connectivity index (χ0v) is 71.1. The molecule has 0 aromatic carbocycles. The number of hydrogen-bond donors (Lipinski definition) is 0. The Bertz CT molecular complexity index is 5150. The molecule has 17 heterocycles. The molecule has 8 aliphatic heterocycles. The van der Waals surface area contributed by atoms with Crippen LogP contribution in [0.2, 0.25) is 5.15 Å². The number of esters is 3. The highest BCUT2D eigenvalue weighted by atomic mass is 35.5. The van der Waals surface area contributed by atoms with Gasteiger partial charge in [0.05, 0.1) is 146 Å². The largest absolute Gasteiger partial charge is 0.461 e. The second-order valence-electron chi connectivity index (χ2n) is 33.8. The Morgan fingerprint density at radius 3 is 1.12 bits per heavy atom. The Morgan fingerprint density at radius 1 is 0.397 bits per heavy atom. The molecule has 30 heteroatoms. The maximum Gasteiger partial charge on any atom is 0.357 e. The van der Waals surface area contributed by atoms with E-state index in [-0.39, 0.29) is 5.97 Å². The van der Waals surface area contributed by atoms with Crippen LogP contribution >= 0.6 is 11.6 Å². The summed E-state index contributed by atoms with van der Waals surface area (Å²) in [6.07, 6.45) is 27.1. The van der Waals surface area contributed by atoms with Crippen LogP contribution in [0.1, 0.15) is 220 Å². The number of rotatable bonds is 20. The van der Waals surface area contributed by atoms with Gasteiger partial charge in [0, 0.05) is 164 Å². The quantitative estimate of drug-likeness (QED) is 0.0389. The van der Waals surface area contributed by atoms with Gasteiger partial charge in [0.25, 0.3) is 0 Å². The molecule has 10 fully saturated rings. The van der Waals surface area contributed by atoms with Crippen molar-refractivity contribution in [3.63, 3.8) is 0 Å². The first-order valence-corrected chi connectivity index (χ1v) is 45.3. The molecule has 0 bridgehead atoms. The monoisotopic (exact) mass is 1670 g/mol. The van der Waals surface area contributed by atoms with Gasteiger partial charge in [-0.25, -0.2) is 48.4 Å². The summed E-state index contributed by atoms with van der Waals surface area (Å²) < 4.78 is 49.8. The molecule has 0 radical (unpaired) electrons. The fourth-order valence-corrected chi connectivity index (χ4v) is 19.7. The minimum Gasteiger partial charge on any atom is -0.461 e. The average molecular weight is 1670 g/mol. The molecule has 7 saturated heterocycles. The number of carbonyl (C=O) groups is 3. The molecule has 0 N–H and O–H groups in total. The molecule has 29 nitrogen and oxygen atoms in total. The number of hydrogen-bond acceptors (Lipinski definition) is 26. The summed E-state index contributed by atoms with van der Waals surface area (Å²) >= 11 is 6.24. The zero-order chi connectivity index (χ0) is 82.3. The van der Waals surface area contributed by atoms with Crippen LogP contribution in [-0.2, 0) is 37.9 Å². The van der Waals surface area contributed by atoms with Crippen LogP contribution in [0.4, 0.5) is 17.1 Å². The van der Waals surface area contributed by atoms with E-state index in [4.69, 9.17) is 84.7 Å². The van der Waals surface area contributed by atoms with Gasteiger partial charge in [-0.3, -0.25) is 24.7 Å². The molecule has 9 aromatic heterocycles. The number of anilines is 3. The van der Waals surface area contributed by atoms with Crippen LogP contribution in [0.15, 0.2) is 79.3 Å². The van der Waals surface area contributed by atoms with Gasteiger partial charge in [-0.05, 0) is 171 Å². The third-order valence-corrected chi connectivity index (χ3v) is 27.1. The van der Waals surface area contributed by atoms with Crippen molar-refractivity contribution >= 4 is 85.2 Å². The van der Waals surface area contributed by atoms with Crippen LogP contribution < -0.4 is 14.7 Å². The van der Waals surface area contributed by atoms with Gasteiger partial charge in [-0.2, -0.15) is 15.3 Å². The van der Waals surface area contributed by atoms with E-state index in [1.165, 1.54) is 24.8 Å². The minimum absolute atomic E-state index is 0.297. The molecule has 0 atom stereocenters. The highest BCUT2D eigenvalue weighted by molar-refractivity contribution is 6.29. The molecular weight excluding hydrogens is 1560 g/mol.